The maximum absolute atomic E-state index is 14.9. The first-order chi connectivity index (χ1) is 21.8. The molecule has 1 saturated heterocycles. The van der Waals surface area contributed by atoms with Crippen molar-refractivity contribution in [3.05, 3.63) is 88.8 Å². The van der Waals surface area contributed by atoms with Crippen LogP contribution in [0.2, 0.25) is 0 Å². The number of aromatic hydroxyl groups is 1. The average Bonchev–Trinajstić information content (AvgIpc) is 3.02. The van der Waals surface area contributed by atoms with Crippen molar-refractivity contribution in [2.24, 2.45) is 5.92 Å². The van der Waals surface area contributed by atoms with Crippen molar-refractivity contribution in [3.63, 3.8) is 0 Å². The van der Waals surface area contributed by atoms with Gasteiger partial charge in [-0.25, -0.2) is 18.7 Å². The molecule has 46 heavy (non-hydrogen) atoms. The Morgan fingerprint density at radius 3 is 2.28 bits per heavy atom. The highest BCUT2D eigenvalue weighted by Gasteiger charge is 2.39. The molecule has 15 heteroatoms. The van der Waals surface area contributed by atoms with Crippen LogP contribution in [0.3, 0.4) is 0 Å². The molecule has 1 aliphatic rings. The third-order valence-electron chi connectivity index (χ3n) is 7.74. The summed E-state index contributed by atoms with van der Waals surface area (Å²) in [5.41, 5.74) is -1.22. The summed E-state index contributed by atoms with van der Waals surface area (Å²) in [5.74, 6) is -9.88. The van der Waals surface area contributed by atoms with Gasteiger partial charge >= 0.3 is 0 Å². The van der Waals surface area contributed by atoms with Gasteiger partial charge in [-0.05, 0) is 31.5 Å². The van der Waals surface area contributed by atoms with Gasteiger partial charge < -0.3 is 31.5 Å². The van der Waals surface area contributed by atoms with Gasteiger partial charge in [0.1, 0.15) is 17.8 Å². The van der Waals surface area contributed by atoms with E-state index in [9.17, 15) is 42.6 Å². The summed E-state index contributed by atoms with van der Waals surface area (Å²) >= 11 is 0. The van der Waals surface area contributed by atoms with E-state index < -0.39 is 107 Å². The van der Waals surface area contributed by atoms with Crippen LogP contribution < -0.4 is 21.3 Å². The fourth-order valence-corrected chi connectivity index (χ4v) is 5.04. The summed E-state index contributed by atoms with van der Waals surface area (Å²) < 4.78 is 44.1. The molecule has 6 N–H and O–H groups in total. The van der Waals surface area contributed by atoms with Crippen molar-refractivity contribution in [1.82, 2.24) is 31.2 Å². The number of aliphatic hydroxyl groups excluding tert-OH is 1. The Morgan fingerprint density at radius 2 is 1.61 bits per heavy atom. The molecule has 0 saturated carbocycles. The number of hydrogen-bond donors (Lipinski definition) is 6. The minimum Gasteiger partial charge on any atom is -0.505 e. The first kappa shape index (κ1) is 33.8. The first-order valence-electron chi connectivity index (χ1n) is 14.4. The molecule has 1 aliphatic heterocycles. The van der Waals surface area contributed by atoms with Gasteiger partial charge in [-0.15, -0.1) is 0 Å². The van der Waals surface area contributed by atoms with Crippen molar-refractivity contribution in [3.8, 4) is 5.75 Å². The van der Waals surface area contributed by atoms with Crippen molar-refractivity contribution in [1.29, 1.82) is 0 Å². The third kappa shape index (κ3) is 7.59. The second-order valence-corrected chi connectivity index (χ2v) is 11.1. The molecule has 2 aromatic heterocycles. The van der Waals surface area contributed by atoms with E-state index in [1.165, 1.54) is 32.2 Å². The predicted octanol–water partition coefficient (Wildman–Crippen LogP) is 0.977. The number of benzene rings is 1. The fraction of sp³-hybridized carbons (Fsp3) is 0.355. The molecule has 244 valence electrons. The minimum absolute atomic E-state index is 0.00709. The van der Waals surface area contributed by atoms with Crippen LogP contribution in [0.5, 0.6) is 5.75 Å². The summed E-state index contributed by atoms with van der Waals surface area (Å²) in [5, 5.41) is 31.4. The van der Waals surface area contributed by atoms with Gasteiger partial charge in [0.2, 0.25) is 23.7 Å². The molecule has 0 spiro atoms. The number of aliphatic hydroxyl groups is 1. The number of nitrogens with one attached hydrogen (secondary N) is 4. The van der Waals surface area contributed by atoms with Crippen molar-refractivity contribution in [2.45, 2.75) is 63.9 Å². The van der Waals surface area contributed by atoms with E-state index >= 15 is 0 Å². The number of aromatic nitrogens is 2. The lowest BCUT2D eigenvalue weighted by Crippen LogP contribution is -2.64. The second-order valence-electron chi connectivity index (χ2n) is 11.1. The van der Waals surface area contributed by atoms with Crippen LogP contribution >= 0.6 is 0 Å². The number of rotatable bonds is 6. The van der Waals surface area contributed by atoms with Crippen LogP contribution in [0, 0.1) is 30.4 Å². The van der Waals surface area contributed by atoms with Crippen LogP contribution in [-0.4, -0.2) is 74.1 Å². The van der Waals surface area contributed by atoms with E-state index in [1.54, 1.807) is 30.3 Å². The molecule has 3 aromatic rings. The topological polar surface area (TPSA) is 183 Å². The number of carbonyl (C=O) groups is 4. The summed E-state index contributed by atoms with van der Waals surface area (Å²) in [7, 11) is 0. The zero-order valence-corrected chi connectivity index (χ0v) is 25.1. The van der Waals surface area contributed by atoms with Gasteiger partial charge in [-0.1, -0.05) is 37.3 Å². The van der Waals surface area contributed by atoms with Crippen molar-refractivity contribution >= 4 is 23.6 Å². The second kappa shape index (κ2) is 14.4. The molecule has 3 heterocycles. The lowest BCUT2D eigenvalue weighted by Gasteiger charge is -2.34. The van der Waals surface area contributed by atoms with Gasteiger partial charge in [0, 0.05) is 24.6 Å². The van der Waals surface area contributed by atoms with Crippen LogP contribution in [0.15, 0.2) is 48.7 Å². The highest BCUT2D eigenvalue weighted by atomic mass is 19.2. The SMILES string of the molecule is Cc1nc(F)c(CC2NC(=O)C(NC(=O)c3ncccc3O)C(C)NC(=O)C(Cc3ccccc3)NC(=O)C(C)C2O)c(F)c1F. The highest BCUT2D eigenvalue weighted by molar-refractivity contribution is 5.98. The van der Waals surface area contributed by atoms with Crippen LogP contribution in [0.4, 0.5) is 13.2 Å². The van der Waals surface area contributed by atoms with E-state index in [2.05, 4.69) is 31.2 Å². The minimum atomic E-state index is -1.83. The van der Waals surface area contributed by atoms with Gasteiger partial charge in [-0.2, -0.15) is 4.39 Å². The number of amides is 4. The maximum Gasteiger partial charge on any atom is 0.274 e. The summed E-state index contributed by atoms with van der Waals surface area (Å²) in [6.07, 6.45) is -1.45. The summed E-state index contributed by atoms with van der Waals surface area (Å²) in [4.78, 5) is 60.8. The smallest absolute Gasteiger partial charge is 0.274 e. The summed E-state index contributed by atoms with van der Waals surface area (Å²) in [6, 6.07) is 5.58. The van der Waals surface area contributed by atoms with E-state index in [0.29, 0.717) is 5.56 Å². The Morgan fingerprint density at radius 1 is 0.913 bits per heavy atom. The molecule has 12 nitrogen and oxygen atoms in total. The van der Waals surface area contributed by atoms with Crippen LogP contribution in [0.25, 0.3) is 0 Å². The van der Waals surface area contributed by atoms with E-state index in [4.69, 9.17) is 0 Å². The molecule has 0 aliphatic carbocycles. The quantitative estimate of drug-likeness (QED) is 0.215. The van der Waals surface area contributed by atoms with Gasteiger partial charge in [-0.3, -0.25) is 19.2 Å². The Labute approximate surface area is 261 Å². The molecule has 6 atom stereocenters. The molecule has 1 fully saturated rings. The van der Waals surface area contributed by atoms with Crippen LogP contribution in [-0.2, 0) is 27.2 Å². The van der Waals surface area contributed by atoms with Gasteiger partial charge in [0.05, 0.1) is 29.8 Å². The third-order valence-corrected chi connectivity index (χ3v) is 7.74. The van der Waals surface area contributed by atoms with E-state index in [1.807, 2.05) is 0 Å². The summed E-state index contributed by atoms with van der Waals surface area (Å²) in [6.45, 7) is 3.70. The Kier molecular flexibility index (Phi) is 10.6. The number of halogens is 3. The first-order valence-corrected chi connectivity index (χ1v) is 14.4. The van der Waals surface area contributed by atoms with Crippen molar-refractivity contribution in [2.75, 3.05) is 0 Å². The Balaban J connectivity index is 1.75. The molecule has 1 aromatic carbocycles. The molecule has 6 unspecified atom stereocenters. The lowest BCUT2D eigenvalue weighted by atomic mass is 9.91. The maximum atomic E-state index is 14.9. The fourth-order valence-electron chi connectivity index (χ4n) is 5.04. The van der Waals surface area contributed by atoms with Crippen LogP contribution in [0.1, 0.15) is 41.2 Å². The normalized spacial score (nSPS) is 24.1. The molecular formula is C31H33F3N6O6. The molecule has 0 bridgehead atoms. The number of carbonyl (C=O) groups excluding carboxylic acids is 4. The largest absolute Gasteiger partial charge is 0.505 e. The monoisotopic (exact) mass is 642 g/mol. The van der Waals surface area contributed by atoms with E-state index in [0.717, 1.165) is 6.92 Å². The molecule has 0 radical (unpaired) electrons. The Bertz CT molecular complexity index is 1630. The van der Waals surface area contributed by atoms with Crippen molar-refractivity contribution < 1.29 is 42.6 Å². The van der Waals surface area contributed by atoms with E-state index in [-0.39, 0.29) is 6.42 Å². The van der Waals surface area contributed by atoms with Gasteiger partial charge in [0.25, 0.3) is 5.91 Å². The highest BCUT2D eigenvalue weighted by Crippen LogP contribution is 2.22. The number of nitrogens with zero attached hydrogens (tertiary/aromatic N) is 2. The molecular weight excluding hydrogens is 609 g/mol. The predicted molar refractivity (Wildman–Crippen MR) is 156 cm³/mol. The lowest BCUT2D eigenvalue weighted by molar-refractivity contribution is -0.136. The standard InChI is InChI=1S/C31H33F3N6O6/c1-14-26(42)19(13-18-23(33)22(32)15(2)36-27(18)34)38-30(45)24(40-31(46)25-21(41)10-7-11-35-25)16(3)37-29(44)20(39-28(14)43)12-17-8-5-4-6-9-17/h4-11,14,16,19-20,24,26,41-42H,12-13H2,1-3H3,(H,37,44)(H,38,45)(H,39,43)(H,40,46). The zero-order chi connectivity index (χ0) is 33.7. The molecule has 4 rings (SSSR count). The number of pyridine rings is 2. The molecule has 4 amide bonds. The average molecular weight is 643 g/mol. The number of aryl methyl sites for hydroxylation is 1. The zero-order valence-electron chi connectivity index (χ0n) is 25.1. The van der Waals surface area contributed by atoms with Gasteiger partial charge in [0.15, 0.2) is 17.3 Å². The Hall–Kier alpha value is -5.05. The number of hydrogen-bond acceptors (Lipinski definition) is 8.